The van der Waals surface area contributed by atoms with Gasteiger partial charge in [-0.1, -0.05) is 19.1 Å². The van der Waals surface area contributed by atoms with Crippen LogP contribution in [0.25, 0.3) is 11.0 Å². The number of pyridine rings is 1. The summed E-state index contributed by atoms with van der Waals surface area (Å²) in [5, 5.41) is 3.48. The fourth-order valence-electron chi connectivity index (χ4n) is 2.99. The molecule has 0 fully saturated rings. The van der Waals surface area contributed by atoms with Crippen LogP contribution in [-0.2, 0) is 13.1 Å². The predicted octanol–water partition coefficient (Wildman–Crippen LogP) is 4.81. The van der Waals surface area contributed by atoms with E-state index in [2.05, 4.69) is 35.6 Å². The Morgan fingerprint density at radius 3 is 2.57 bits per heavy atom. The number of aromatic nitrogens is 2. The molecule has 2 heterocycles. The van der Waals surface area contributed by atoms with Crippen LogP contribution in [0.1, 0.15) is 30.2 Å². The summed E-state index contributed by atoms with van der Waals surface area (Å²) < 4.78 is 15.3. The summed E-state index contributed by atoms with van der Waals surface area (Å²) >= 11 is 0. The molecule has 0 spiro atoms. The van der Waals surface area contributed by atoms with E-state index >= 15 is 0 Å². The first-order chi connectivity index (χ1) is 11.1. The third-order valence-corrected chi connectivity index (χ3v) is 4.34. The molecule has 0 atom stereocenters. The van der Waals surface area contributed by atoms with Gasteiger partial charge in [0.1, 0.15) is 5.82 Å². The number of fused-ring (bicyclic) bond motifs is 1. The van der Waals surface area contributed by atoms with Gasteiger partial charge in [0.2, 0.25) is 0 Å². The van der Waals surface area contributed by atoms with E-state index in [4.69, 9.17) is 0 Å². The lowest BCUT2D eigenvalue weighted by molar-refractivity contribution is 0.627. The van der Waals surface area contributed by atoms with Gasteiger partial charge in [0.15, 0.2) is 0 Å². The maximum atomic E-state index is 13.0. The highest BCUT2D eigenvalue weighted by Crippen LogP contribution is 2.29. The lowest BCUT2D eigenvalue weighted by Gasteiger charge is -2.12. The van der Waals surface area contributed by atoms with E-state index in [9.17, 15) is 4.39 Å². The zero-order valence-electron chi connectivity index (χ0n) is 13.9. The van der Waals surface area contributed by atoms with Crippen molar-refractivity contribution in [2.45, 2.75) is 40.3 Å². The van der Waals surface area contributed by atoms with Crippen molar-refractivity contribution in [1.82, 2.24) is 9.55 Å². The van der Waals surface area contributed by atoms with E-state index in [1.165, 1.54) is 23.4 Å². The molecule has 0 radical (unpaired) electrons. The molecule has 3 nitrogen and oxygen atoms in total. The molecule has 23 heavy (non-hydrogen) atoms. The zero-order valence-corrected chi connectivity index (χ0v) is 13.9. The summed E-state index contributed by atoms with van der Waals surface area (Å²) in [6, 6.07) is 8.61. The molecular formula is C19H22FN3. The van der Waals surface area contributed by atoms with E-state index in [0.717, 1.165) is 35.2 Å². The normalized spacial score (nSPS) is 11.1. The van der Waals surface area contributed by atoms with Crippen LogP contribution in [0.4, 0.5) is 10.1 Å². The highest BCUT2D eigenvalue weighted by molar-refractivity contribution is 5.92. The van der Waals surface area contributed by atoms with E-state index in [-0.39, 0.29) is 5.82 Å². The van der Waals surface area contributed by atoms with Crippen molar-refractivity contribution in [2.75, 3.05) is 5.32 Å². The van der Waals surface area contributed by atoms with Crippen LogP contribution < -0.4 is 5.32 Å². The van der Waals surface area contributed by atoms with E-state index in [1.807, 2.05) is 24.4 Å². The fourth-order valence-corrected chi connectivity index (χ4v) is 2.99. The first-order valence-corrected chi connectivity index (χ1v) is 8.04. The minimum Gasteiger partial charge on any atom is -0.379 e. The Morgan fingerprint density at radius 1 is 1.13 bits per heavy atom. The average molecular weight is 311 g/mol. The van der Waals surface area contributed by atoms with Crippen LogP contribution >= 0.6 is 0 Å². The highest BCUT2D eigenvalue weighted by atomic mass is 19.1. The van der Waals surface area contributed by atoms with E-state index in [0.29, 0.717) is 6.54 Å². The van der Waals surface area contributed by atoms with Gasteiger partial charge in [-0.15, -0.1) is 0 Å². The molecule has 1 aromatic carbocycles. The molecule has 0 saturated carbocycles. The Kier molecular flexibility index (Phi) is 4.33. The summed E-state index contributed by atoms with van der Waals surface area (Å²) in [4.78, 5) is 4.56. The van der Waals surface area contributed by atoms with Crippen molar-refractivity contribution in [2.24, 2.45) is 0 Å². The van der Waals surface area contributed by atoms with Gasteiger partial charge in [0, 0.05) is 25.0 Å². The van der Waals surface area contributed by atoms with Gasteiger partial charge in [0.05, 0.1) is 16.7 Å². The minimum absolute atomic E-state index is 0.205. The monoisotopic (exact) mass is 311 g/mol. The topological polar surface area (TPSA) is 29.9 Å². The zero-order chi connectivity index (χ0) is 16.4. The molecule has 120 valence electrons. The number of rotatable bonds is 5. The number of hydrogen-bond acceptors (Lipinski definition) is 2. The lowest BCUT2D eigenvalue weighted by Crippen LogP contribution is -2.04. The maximum absolute atomic E-state index is 13.0. The molecular weight excluding hydrogens is 289 g/mol. The fraction of sp³-hybridized carbons (Fsp3) is 0.316. The van der Waals surface area contributed by atoms with Crippen molar-refractivity contribution < 1.29 is 4.39 Å². The van der Waals surface area contributed by atoms with Crippen LogP contribution in [-0.4, -0.2) is 9.55 Å². The molecule has 1 N–H and O–H groups in total. The Balaban J connectivity index is 1.97. The van der Waals surface area contributed by atoms with Crippen molar-refractivity contribution in [1.29, 1.82) is 0 Å². The summed E-state index contributed by atoms with van der Waals surface area (Å²) in [6.07, 6.45) is 2.93. The number of anilines is 1. The molecule has 0 aliphatic carbocycles. The van der Waals surface area contributed by atoms with E-state index < -0.39 is 0 Å². The number of aryl methyl sites for hydroxylation is 2. The van der Waals surface area contributed by atoms with Crippen molar-refractivity contribution >= 4 is 16.7 Å². The quantitative estimate of drug-likeness (QED) is 0.732. The Hall–Kier alpha value is -2.36. The second-order valence-electron chi connectivity index (χ2n) is 5.90. The van der Waals surface area contributed by atoms with Crippen molar-refractivity contribution in [3.05, 3.63) is 59.2 Å². The molecule has 0 aliphatic rings. The number of halogens is 1. The van der Waals surface area contributed by atoms with Crippen LogP contribution in [0.15, 0.2) is 36.5 Å². The van der Waals surface area contributed by atoms with Crippen LogP contribution in [0.5, 0.6) is 0 Å². The number of nitrogens with one attached hydrogen (secondary N) is 1. The number of nitrogens with zero attached hydrogens (tertiary/aromatic N) is 2. The molecule has 2 aromatic heterocycles. The third kappa shape index (κ3) is 2.93. The summed E-state index contributed by atoms with van der Waals surface area (Å²) in [7, 11) is 0. The molecule has 3 aromatic rings. The molecule has 0 bridgehead atoms. The van der Waals surface area contributed by atoms with Gasteiger partial charge < -0.3 is 9.88 Å². The largest absolute Gasteiger partial charge is 0.379 e. The molecule has 0 aliphatic heterocycles. The summed E-state index contributed by atoms with van der Waals surface area (Å²) in [5.74, 6) is -0.205. The van der Waals surface area contributed by atoms with Gasteiger partial charge >= 0.3 is 0 Å². The molecule has 3 rings (SSSR count). The Morgan fingerprint density at radius 2 is 1.87 bits per heavy atom. The van der Waals surface area contributed by atoms with Gasteiger partial charge in [-0.25, -0.2) is 4.39 Å². The molecule has 4 heteroatoms. The van der Waals surface area contributed by atoms with Gasteiger partial charge in [0.25, 0.3) is 0 Å². The van der Waals surface area contributed by atoms with E-state index in [1.54, 1.807) is 0 Å². The van der Waals surface area contributed by atoms with Gasteiger partial charge in [-0.05, 0) is 49.6 Å². The SMILES string of the molecule is CCCn1c(C)c(C)c2nccc(NCc3ccc(F)cc3)c21. The number of benzene rings is 1. The van der Waals surface area contributed by atoms with Crippen molar-refractivity contribution in [3.8, 4) is 0 Å². The molecule has 0 unspecified atom stereocenters. The smallest absolute Gasteiger partial charge is 0.123 e. The predicted molar refractivity (Wildman–Crippen MR) is 93.2 cm³/mol. The average Bonchev–Trinajstić information content (AvgIpc) is 2.80. The van der Waals surface area contributed by atoms with Crippen LogP contribution in [0.2, 0.25) is 0 Å². The summed E-state index contributed by atoms with van der Waals surface area (Å²) in [6.45, 7) is 8.10. The standard InChI is InChI=1S/C19H22FN3/c1-4-11-23-14(3)13(2)18-19(23)17(9-10-21-18)22-12-15-5-7-16(20)8-6-15/h5-10H,4,11-12H2,1-3H3,(H,21,22). The van der Waals surface area contributed by atoms with Gasteiger partial charge in [-0.3, -0.25) is 4.98 Å². The minimum atomic E-state index is -0.205. The lowest BCUT2D eigenvalue weighted by atomic mass is 10.2. The third-order valence-electron chi connectivity index (χ3n) is 4.34. The van der Waals surface area contributed by atoms with Crippen LogP contribution in [0.3, 0.4) is 0 Å². The first kappa shape index (κ1) is 15.5. The van der Waals surface area contributed by atoms with Gasteiger partial charge in [-0.2, -0.15) is 0 Å². The second-order valence-corrected chi connectivity index (χ2v) is 5.90. The maximum Gasteiger partial charge on any atom is 0.123 e. The Labute approximate surface area is 136 Å². The van der Waals surface area contributed by atoms with Crippen LogP contribution in [0, 0.1) is 19.7 Å². The Bertz CT molecular complexity index is 819. The summed E-state index contributed by atoms with van der Waals surface area (Å²) in [5.41, 5.74) is 6.85. The molecule has 0 saturated heterocycles. The first-order valence-electron chi connectivity index (χ1n) is 8.04. The second kappa shape index (κ2) is 6.41. The van der Waals surface area contributed by atoms with Crippen molar-refractivity contribution in [3.63, 3.8) is 0 Å². The number of hydrogen-bond donors (Lipinski definition) is 1. The highest BCUT2D eigenvalue weighted by Gasteiger charge is 2.14. The molecule has 0 amide bonds.